The molecule has 0 aliphatic carbocycles. The first kappa shape index (κ1) is 16.3. The van der Waals surface area contributed by atoms with Gasteiger partial charge in [0.25, 0.3) is 0 Å². The number of anilines is 1. The highest BCUT2D eigenvalue weighted by molar-refractivity contribution is 6.02. The van der Waals surface area contributed by atoms with Gasteiger partial charge >= 0.3 is 11.9 Å². The van der Waals surface area contributed by atoms with Gasteiger partial charge in [-0.2, -0.15) is 5.10 Å². The molecule has 1 aromatic heterocycles. The zero-order chi connectivity index (χ0) is 17.0. The summed E-state index contributed by atoms with van der Waals surface area (Å²) in [5, 5.41) is 4.10. The summed E-state index contributed by atoms with van der Waals surface area (Å²) >= 11 is 0. The molecule has 122 valence electrons. The van der Waals surface area contributed by atoms with E-state index in [1.807, 2.05) is 0 Å². The molecular formula is C15H17N3O5. The number of nitrogens with zero attached hydrogens (tertiary/aromatic N) is 2. The second-order valence-corrected chi connectivity index (χ2v) is 4.43. The maximum atomic E-state index is 12.0. The molecule has 1 heterocycles. The Bertz CT molecular complexity index is 721. The van der Waals surface area contributed by atoms with Crippen LogP contribution in [-0.4, -0.2) is 42.5 Å². The van der Waals surface area contributed by atoms with Gasteiger partial charge in [-0.3, -0.25) is 0 Å². The van der Waals surface area contributed by atoms with E-state index in [1.165, 1.54) is 11.8 Å². The van der Waals surface area contributed by atoms with Gasteiger partial charge in [-0.15, -0.1) is 0 Å². The molecular weight excluding hydrogens is 302 g/mol. The SMILES string of the molecule is CCOC(=O)c1nn(-c2ccc(OC)cc2)c(C(=O)OC)c1N. The third-order valence-corrected chi connectivity index (χ3v) is 3.09. The summed E-state index contributed by atoms with van der Waals surface area (Å²) in [5.74, 6) is -0.775. The maximum Gasteiger partial charge on any atom is 0.361 e. The van der Waals surface area contributed by atoms with Crippen molar-refractivity contribution in [3.8, 4) is 11.4 Å². The number of hydrogen-bond acceptors (Lipinski definition) is 7. The van der Waals surface area contributed by atoms with Crippen molar-refractivity contribution in [3.63, 3.8) is 0 Å². The van der Waals surface area contributed by atoms with Crippen LogP contribution in [0.25, 0.3) is 5.69 Å². The number of ether oxygens (including phenoxy) is 3. The van der Waals surface area contributed by atoms with Crippen LogP contribution in [0, 0.1) is 0 Å². The number of esters is 2. The van der Waals surface area contributed by atoms with Gasteiger partial charge < -0.3 is 19.9 Å². The van der Waals surface area contributed by atoms with E-state index in [1.54, 1.807) is 38.3 Å². The van der Waals surface area contributed by atoms with Gasteiger partial charge in [0.05, 0.1) is 26.5 Å². The molecule has 8 nitrogen and oxygen atoms in total. The molecule has 2 aromatic rings. The highest BCUT2D eigenvalue weighted by atomic mass is 16.5. The van der Waals surface area contributed by atoms with Crippen molar-refractivity contribution < 1.29 is 23.8 Å². The van der Waals surface area contributed by atoms with Crippen LogP contribution >= 0.6 is 0 Å². The smallest absolute Gasteiger partial charge is 0.361 e. The number of rotatable bonds is 5. The molecule has 8 heteroatoms. The molecule has 0 saturated carbocycles. The van der Waals surface area contributed by atoms with Crippen molar-refractivity contribution >= 4 is 17.6 Å². The number of methoxy groups -OCH3 is 2. The average molecular weight is 319 g/mol. The second-order valence-electron chi connectivity index (χ2n) is 4.43. The van der Waals surface area contributed by atoms with Gasteiger partial charge in [-0.05, 0) is 31.2 Å². The summed E-state index contributed by atoms with van der Waals surface area (Å²) in [4.78, 5) is 23.9. The first-order valence-corrected chi connectivity index (χ1v) is 6.81. The molecule has 0 spiro atoms. The molecule has 0 radical (unpaired) electrons. The van der Waals surface area contributed by atoms with Gasteiger partial charge in [-0.1, -0.05) is 0 Å². The minimum absolute atomic E-state index is 0.0410. The van der Waals surface area contributed by atoms with Gasteiger partial charge in [0.1, 0.15) is 11.4 Å². The lowest BCUT2D eigenvalue weighted by Crippen LogP contribution is -2.12. The Morgan fingerprint density at radius 1 is 1.17 bits per heavy atom. The lowest BCUT2D eigenvalue weighted by molar-refractivity contribution is 0.0519. The molecule has 0 unspecified atom stereocenters. The lowest BCUT2D eigenvalue weighted by Gasteiger charge is -2.07. The van der Waals surface area contributed by atoms with Crippen molar-refractivity contribution in [2.45, 2.75) is 6.92 Å². The molecule has 2 N–H and O–H groups in total. The quantitative estimate of drug-likeness (QED) is 0.831. The van der Waals surface area contributed by atoms with Crippen LogP contribution < -0.4 is 10.5 Å². The van der Waals surface area contributed by atoms with Gasteiger partial charge in [0, 0.05) is 0 Å². The van der Waals surface area contributed by atoms with Gasteiger partial charge in [0.15, 0.2) is 11.4 Å². The Balaban J connectivity index is 2.58. The number of carbonyl (C=O) groups excluding carboxylic acids is 2. The van der Waals surface area contributed by atoms with Crippen LogP contribution in [0.2, 0.25) is 0 Å². The van der Waals surface area contributed by atoms with E-state index < -0.39 is 11.9 Å². The van der Waals surface area contributed by atoms with Crippen molar-refractivity contribution in [3.05, 3.63) is 35.7 Å². The minimum Gasteiger partial charge on any atom is -0.497 e. The molecule has 0 amide bonds. The predicted octanol–water partition coefficient (Wildman–Crippen LogP) is 1.43. The van der Waals surface area contributed by atoms with Crippen LogP contribution in [-0.2, 0) is 9.47 Å². The van der Waals surface area contributed by atoms with Crippen molar-refractivity contribution in [1.82, 2.24) is 9.78 Å². The lowest BCUT2D eigenvalue weighted by atomic mass is 10.2. The van der Waals surface area contributed by atoms with Crippen LogP contribution in [0.15, 0.2) is 24.3 Å². The van der Waals surface area contributed by atoms with E-state index >= 15 is 0 Å². The van der Waals surface area contributed by atoms with E-state index in [0.29, 0.717) is 11.4 Å². The standard InChI is InChI=1S/C15H17N3O5/c1-4-23-14(19)12-11(16)13(15(20)22-3)18(17-12)9-5-7-10(21-2)8-6-9/h5-8H,4,16H2,1-3H3. The highest BCUT2D eigenvalue weighted by Gasteiger charge is 2.27. The highest BCUT2D eigenvalue weighted by Crippen LogP contribution is 2.24. The van der Waals surface area contributed by atoms with E-state index in [2.05, 4.69) is 5.10 Å². The molecule has 23 heavy (non-hydrogen) atoms. The summed E-state index contributed by atoms with van der Waals surface area (Å²) in [6.45, 7) is 1.83. The largest absolute Gasteiger partial charge is 0.497 e. The number of nitrogen functional groups attached to an aromatic ring is 1. The summed E-state index contributed by atoms with van der Waals surface area (Å²) in [7, 11) is 2.76. The number of nitrogens with two attached hydrogens (primary N) is 1. The Kier molecular flexibility index (Phi) is 4.85. The Labute approximate surface area is 132 Å². The molecule has 0 saturated heterocycles. The first-order chi connectivity index (χ1) is 11.0. The number of aromatic nitrogens is 2. The fraction of sp³-hybridized carbons (Fsp3) is 0.267. The number of carbonyl (C=O) groups is 2. The fourth-order valence-corrected chi connectivity index (χ4v) is 1.98. The zero-order valence-electron chi connectivity index (χ0n) is 13.0. The third-order valence-electron chi connectivity index (χ3n) is 3.09. The predicted molar refractivity (Wildman–Crippen MR) is 81.8 cm³/mol. The number of benzene rings is 1. The topological polar surface area (TPSA) is 106 Å². The molecule has 0 fully saturated rings. The van der Waals surface area contributed by atoms with Gasteiger partial charge in [0.2, 0.25) is 0 Å². The van der Waals surface area contributed by atoms with E-state index in [9.17, 15) is 9.59 Å². The first-order valence-electron chi connectivity index (χ1n) is 6.81. The molecule has 0 bridgehead atoms. The van der Waals surface area contributed by atoms with Crippen LogP contribution in [0.5, 0.6) is 5.75 Å². The summed E-state index contributed by atoms with van der Waals surface area (Å²) in [5.41, 5.74) is 6.15. The normalized spacial score (nSPS) is 10.2. The molecule has 2 rings (SSSR count). The van der Waals surface area contributed by atoms with Gasteiger partial charge in [-0.25, -0.2) is 14.3 Å². The Hall–Kier alpha value is -3.03. The average Bonchev–Trinajstić information content (AvgIpc) is 2.92. The summed E-state index contributed by atoms with van der Waals surface area (Å²) in [6.07, 6.45) is 0. The molecule has 0 atom stereocenters. The second kappa shape index (κ2) is 6.82. The monoisotopic (exact) mass is 319 g/mol. The fourth-order valence-electron chi connectivity index (χ4n) is 1.98. The van der Waals surface area contributed by atoms with E-state index in [4.69, 9.17) is 19.9 Å². The number of hydrogen-bond donors (Lipinski definition) is 1. The zero-order valence-corrected chi connectivity index (χ0v) is 13.0. The maximum absolute atomic E-state index is 12.0. The van der Waals surface area contributed by atoms with Crippen molar-refractivity contribution in [1.29, 1.82) is 0 Å². The van der Waals surface area contributed by atoms with Crippen molar-refractivity contribution in [2.75, 3.05) is 26.6 Å². The molecule has 0 aliphatic heterocycles. The van der Waals surface area contributed by atoms with Crippen LogP contribution in [0.3, 0.4) is 0 Å². The molecule has 1 aromatic carbocycles. The van der Waals surface area contributed by atoms with E-state index in [0.717, 1.165) is 0 Å². The molecule has 0 aliphatic rings. The van der Waals surface area contributed by atoms with Crippen LogP contribution in [0.1, 0.15) is 27.9 Å². The Morgan fingerprint density at radius 3 is 2.35 bits per heavy atom. The van der Waals surface area contributed by atoms with Crippen LogP contribution in [0.4, 0.5) is 5.69 Å². The minimum atomic E-state index is -0.707. The third kappa shape index (κ3) is 3.10. The summed E-state index contributed by atoms with van der Waals surface area (Å²) < 4.78 is 15.9. The van der Waals surface area contributed by atoms with Crippen molar-refractivity contribution in [2.24, 2.45) is 0 Å². The summed E-state index contributed by atoms with van der Waals surface area (Å²) in [6, 6.07) is 6.73. The van der Waals surface area contributed by atoms with E-state index in [-0.39, 0.29) is 23.7 Å². The Morgan fingerprint density at radius 2 is 1.83 bits per heavy atom.